The van der Waals surface area contributed by atoms with E-state index in [4.69, 9.17) is 5.11 Å². The molecule has 8 heteroatoms. The minimum atomic E-state index is -0.763. The maximum atomic E-state index is 11.2. The topological polar surface area (TPSA) is 118 Å². The van der Waals surface area contributed by atoms with E-state index in [1.165, 1.54) is 0 Å². The number of aliphatic carboxylic acids is 1. The molecule has 8 nitrogen and oxygen atoms in total. The normalized spacial score (nSPS) is 22.2. The summed E-state index contributed by atoms with van der Waals surface area (Å²) in [5.74, 6) is -0.777. The molecule has 2 N–H and O–H groups in total. The first-order chi connectivity index (χ1) is 9.58. The van der Waals surface area contributed by atoms with Crippen molar-refractivity contribution in [3.63, 3.8) is 0 Å². The highest BCUT2D eigenvalue weighted by molar-refractivity contribution is 5.70. The summed E-state index contributed by atoms with van der Waals surface area (Å²) in [7, 11) is 0. The highest BCUT2D eigenvalue weighted by Gasteiger charge is 2.30. The first-order valence-corrected chi connectivity index (χ1v) is 6.51. The molecule has 0 aromatic carbocycles. The summed E-state index contributed by atoms with van der Waals surface area (Å²) in [6.07, 6.45) is 5.79. The van der Waals surface area contributed by atoms with Crippen LogP contribution in [0.5, 0.6) is 0 Å². The van der Waals surface area contributed by atoms with Gasteiger partial charge in [0.2, 0.25) is 5.95 Å². The molecular formula is C12H16N4O4. The Balaban J connectivity index is 1.93. The molecule has 2 unspecified atom stereocenters. The number of rotatable bonds is 5. The Morgan fingerprint density at radius 1 is 1.40 bits per heavy atom. The van der Waals surface area contributed by atoms with Crippen molar-refractivity contribution in [1.29, 1.82) is 0 Å². The van der Waals surface area contributed by atoms with E-state index in [9.17, 15) is 14.9 Å². The number of carbonyl (C=O) groups is 1. The van der Waals surface area contributed by atoms with Gasteiger partial charge in [-0.1, -0.05) is 12.8 Å². The Kier molecular flexibility index (Phi) is 4.44. The van der Waals surface area contributed by atoms with Crippen molar-refractivity contribution >= 4 is 17.6 Å². The van der Waals surface area contributed by atoms with Crippen LogP contribution in [0.25, 0.3) is 0 Å². The third kappa shape index (κ3) is 3.40. The number of nitrogens with one attached hydrogen (secondary N) is 1. The van der Waals surface area contributed by atoms with E-state index < -0.39 is 10.9 Å². The molecule has 1 aliphatic carbocycles. The summed E-state index contributed by atoms with van der Waals surface area (Å²) < 4.78 is 0. The van der Waals surface area contributed by atoms with Crippen molar-refractivity contribution in [2.45, 2.75) is 25.7 Å². The van der Waals surface area contributed by atoms with Gasteiger partial charge in [0.1, 0.15) is 12.4 Å². The van der Waals surface area contributed by atoms with Crippen LogP contribution in [0.3, 0.4) is 0 Å². The van der Waals surface area contributed by atoms with Crippen LogP contribution in [0, 0.1) is 22.0 Å². The molecule has 2 rings (SSSR count). The van der Waals surface area contributed by atoms with E-state index in [1.54, 1.807) is 0 Å². The molecule has 1 fully saturated rings. The second kappa shape index (κ2) is 6.27. The lowest BCUT2D eigenvalue weighted by Gasteiger charge is -2.28. The number of hydrogen-bond donors (Lipinski definition) is 2. The van der Waals surface area contributed by atoms with E-state index >= 15 is 0 Å². The molecule has 1 aromatic rings. The molecule has 0 amide bonds. The van der Waals surface area contributed by atoms with Crippen LogP contribution in [-0.2, 0) is 4.79 Å². The summed E-state index contributed by atoms with van der Waals surface area (Å²) in [5, 5.41) is 22.6. The Morgan fingerprint density at radius 3 is 2.65 bits per heavy atom. The van der Waals surface area contributed by atoms with Crippen LogP contribution >= 0.6 is 0 Å². The molecule has 0 spiro atoms. The molecule has 1 saturated carbocycles. The average molecular weight is 280 g/mol. The van der Waals surface area contributed by atoms with Gasteiger partial charge >= 0.3 is 11.7 Å². The Labute approximate surface area is 115 Å². The molecule has 20 heavy (non-hydrogen) atoms. The summed E-state index contributed by atoms with van der Waals surface area (Å²) in [6.45, 7) is 0.467. The van der Waals surface area contributed by atoms with Crippen molar-refractivity contribution < 1.29 is 14.8 Å². The van der Waals surface area contributed by atoms with Gasteiger partial charge in [0.05, 0.1) is 10.8 Å². The van der Waals surface area contributed by atoms with Crippen LogP contribution in [0.4, 0.5) is 11.6 Å². The fourth-order valence-corrected chi connectivity index (χ4v) is 2.51. The van der Waals surface area contributed by atoms with E-state index in [1.807, 2.05) is 0 Å². The van der Waals surface area contributed by atoms with Gasteiger partial charge < -0.3 is 10.4 Å². The molecule has 108 valence electrons. The van der Waals surface area contributed by atoms with E-state index in [0.29, 0.717) is 13.0 Å². The number of hydrogen-bond acceptors (Lipinski definition) is 6. The molecule has 0 aliphatic heterocycles. The zero-order valence-corrected chi connectivity index (χ0v) is 10.9. The second-order valence-corrected chi connectivity index (χ2v) is 4.89. The molecular weight excluding hydrogens is 264 g/mol. The van der Waals surface area contributed by atoms with Crippen LogP contribution < -0.4 is 5.32 Å². The van der Waals surface area contributed by atoms with Crippen molar-refractivity contribution in [1.82, 2.24) is 9.97 Å². The minimum Gasteiger partial charge on any atom is -0.481 e. The number of carboxylic acid groups (broad SMARTS) is 1. The zero-order chi connectivity index (χ0) is 14.5. The van der Waals surface area contributed by atoms with Crippen molar-refractivity contribution in [3.05, 3.63) is 22.5 Å². The smallest absolute Gasteiger partial charge is 0.306 e. The number of nitro groups is 1. The summed E-state index contributed by atoms with van der Waals surface area (Å²) >= 11 is 0. The second-order valence-electron chi connectivity index (χ2n) is 4.89. The lowest BCUT2D eigenvalue weighted by molar-refractivity contribution is -0.385. The fourth-order valence-electron chi connectivity index (χ4n) is 2.51. The van der Waals surface area contributed by atoms with E-state index in [0.717, 1.165) is 31.7 Å². The van der Waals surface area contributed by atoms with Crippen LogP contribution in [0.15, 0.2) is 12.4 Å². The number of anilines is 1. The Hall–Kier alpha value is -2.25. The number of carboxylic acids is 1. The van der Waals surface area contributed by atoms with E-state index in [-0.39, 0.29) is 23.5 Å². The highest BCUT2D eigenvalue weighted by atomic mass is 16.6. The van der Waals surface area contributed by atoms with Crippen molar-refractivity contribution in [2.24, 2.45) is 11.8 Å². The number of aromatic nitrogens is 2. The SMILES string of the molecule is O=C(O)C1CCCCC1CNc1ncc([N+](=O)[O-])cn1. The first kappa shape index (κ1) is 14.2. The molecule has 1 heterocycles. The monoisotopic (exact) mass is 280 g/mol. The minimum absolute atomic E-state index is 0.0417. The highest BCUT2D eigenvalue weighted by Crippen LogP contribution is 2.30. The lowest BCUT2D eigenvalue weighted by atomic mass is 9.79. The van der Waals surface area contributed by atoms with E-state index in [2.05, 4.69) is 15.3 Å². The third-order valence-corrected chi connectivity index (χ3v) is 3.60. The van der Waals surface area contributed by atoms with Gasteiger partial charge in [-0.3, -0.25) is 14.9 Å². The van der Waals surface area contributed by atoms with Crippen LogP contribution in [-0.4, -0.2) is 32.5 Å². The van der Waals surface area contributed by atoms with Crippen molar-refractivity contribution in [2.75, 3.05) is 11.9 Å². The molecule has 0 saturated heterocycles. The Morgan fingerprint density at radius 2 is 2.05 bits per heavy atom. The molecule has 1 aliphatic rings. The summed E-state index contributed by atoms with van der Waals surface area (Å²) in [5.41, 5.74) is -0.170. The Bertz CT molecular complexity index is 491. The predicted molar refractivity (Wildman–Crippen MR) is 70.3 cm³/mol. The lowest BCUT2D eigenvalue weighted by Crippen LogP contribution is -2.32. The van der Waals surface area contributed by atoms with Gasteiger partial charge in [-0.15, -0.1) is 0 Å². The standard InChI is InChI=1S/C12H16N4O4/c17-11(18)10-4-2-1-3-8(10)5-13-12-14-6-9(7-15-12)16(19)20/h6-8,10H,1-5H2,(H,17,18)(H,13,14,15). The largest absolute Gasteiger partial charge is 0.481 e. The molecule has 1 aromatic heterocycles. The first-order valence-electron chi connectivity index (χ1n) is 6.51. The quantitative estimate of drug-likeness (QED) is 0.622. The molecule has 2 atom stereocenters. The molecule has 0 bridgehead atoms. The van der Waals surface area contributed by atoms with Gasteiger partial charge in [0, 0.05) is 6.54 Å². The summed E-state index contributed by atoms with van der Waals surface area (Å²) in [4.78, 5) is 28.8. The van der Waals surface area contributed by atoms with Crippen LogP contribution in [0.1, 0.15) is 25.7 Å². The summed E-state index contributed by atoms with van der Waals surface area (Å²) in [6, 6.07) is 0. The maximum absolute atomic E-state index is 11.2. The molecule has 0 radical (unpaired) electrons. The average Bonchev–Trinajstić information content (AvgIpc) is 2.45. The van der Waals surface area contributed by atoms with Gasteiger partial charge in [0.25, 0.3) is 0 Å². The third-order valence-electron chi connectivity index (χ3n) is 3.60. The van der Waals surface area contributed by atoms with Gasteiger partial charge in [-0.05, 0) is 18.8 Å². The van der Waals surface area contributed by atoms with Crippen molar-refractivity contribution in [3.8, 4) is 0 Å². The van der Waals surface area contributed by atoms with Gasteiger partial charge in [-0.25, -0.2) is 9.97 Å². The number of nitrogens with zero attached hydrogens (tertiary/aromatic N) is 3. The zero-order valence-electron chi connectivity index (χ0n) is 10.9. The van der Waals surface area contributed by atoms with Gasteiger partial charge in [0.15, 0.2) is 0 Å². The maximum Gasteiger partial charge on any atom is 0.306 e. The van der Waals surface area contributed by atoms with Gasteiger partial charge in [-0.2, -0.15) is 0 Å². The fraction of sp³-hybridized carbons (Fsp3) is 0.583. The predicted octanol–water partition coefficient (Wildman–Crippen LogP) is 1.69. The van der Waals surface area contributed by atoms with Crippen LogP contribution in [0.2, 0.25) is 0 Å².